The molecule has 200 valence electrons. The van der Waals surface area contributed by atoms with E-state index >= 15 is 0 Å². The van der Waals surface area contributed by atoms with Crippen molar-refractivity contribution in [1.29, 1.82) is 0 Å². The Balaban J connectivity index is 1.58. The van der Waals surface area contributed by atoms with Crippen LogP contribution in [0.25, 0.3) is 0 Å². The summed E-state index contributed by atoms with van der Waals surface area (Å²) in [5.74, 6) is 0. The van der Waals surface area contributed by atoms with Crippen molar-refractivity contribution in [3.63, 3.8) is 0 Å². The van der Waals surface area contributed by atoms with Crippen molar-refractivity contribution in [3.05, 3.63) is 0 Å². The average molecular weight is 504 g/mol. The van der Waals surface area contributed by atoms with Crippen LogP contribution in [0.4, 0.5) is 0 Å². The van der Waals surface area contributed by atoms with E-state index < -0.39 is 112 Å². The van der Waals surface area contributed by atoms with Gasteiger partial charge >= 0.3 is 0 Å². The van der Waals surface area contributed by atoms with Crippen molar-refractivity contribution >= 4 is 0 Å². The molecule has 0 spiro atoms. The van der Waals surface area contributed by atoms with Gasteiger partial charge in [0.15, 0.2) is 18.9 Å². The highest BCUT2D eigenvalue weighted by molar-refractivity contribution is 4.92. The first-order valence-electron chi connectivity index (χ1n) is 10.6. The van der Waals surface area contributed by atoms with Crippen LogP contribution in [0.3, 0.4) is 0 Å². The van der Waals surface area contributed by atoms with Gasteiger partial charge in [-0.05, 0) is 0 Å². The highest BCUT2D eigenvalue weighted by Gasteiger charge is 2.48. The monoisotopic (exact) mass is 504 g/mol. The molecule has 0 amide bonds. The second kappa shape index (κ2) is 11.6. The van der Waals surface area contributed by atoms with Crippen LogP contribution in [0.15, 0.2) is 0 Å². The minimum Gasteiger partial charge on any atom is -0.394 e. The van der Waals surface area contributed by atoms with Crippen LogP contribution in [0.5, 0.6) is 0 Å². The van der Waals surface area contributed by atoms with Gasteiger partial charge in [-0.2, -0.15) is 0 Å². The summed E-state index contributed by atoms with van der Waals surface area (Å²) in [6.07, 6.45) is -24.4. The van der Waals surface area contributed by atoms with Crippen LogP contribution in [-0.2, 0) is 23.7 Å². The van der Waals surface area contributed by atoms with Crippen LogP contribution in [0, 0.1) is 0 Å². The largest absolute Gasteiger partial charge is 0.394 e. The molecule has 3 aliphatic rings. The van der Waals surface area contributed by atoms with Crippen molar-refractivity contribution in [3.8, 4) is 0 Å². The van der Waals surface area contributed by atoms with Crippen LogP contribution in [0.1, 0.15) is 0 Å². The van der Waals surface area contributed by atoms with Gasteiger partial charge in [0.2, 0.25) is 0 Å². The van der Waals surface area contributed by atoms with E-state index in [0.29, 0.717) is 0 Å². The number of hydrogen-bond acceptors (Lipinski definition) is 16. The number of rotatable bonds is 7. The molecular formula is C18H32O16. The molecule has 34 heavy (non-hydrogen) atoms. The molecule has 0 aromatic rings. The maximum absolute atomic E-state index is 10.2. The van der Waals surface area contributed by atoms with Gasteiger partial charge in [0.05, 0.1) is 19.8 Å². The molecule has 0 bridgehead atoms. The number of aliphatic hydroxyl groups is 11. The predicted molar refractivity (Wildman–Crippen MR) is 101 cm³/mol. The van der Waals surface area contributed by atoms with Crippen molar-refractivity contribution in [1.82, 2.24) is 0 Å². The van der Waals surface area contributed by atoms with E-state index in [9.17, 15) is 56.2 Å². The van der Waals surface area contributed by atoms with E-state index in [1.54, 1.807) is 0 Å². The molecule has 3 rings (SSSR count). The predicted octanol–water partition coefficient (Wildman–Crippen LogP) is -7.57. The molecular weight excluding hydrogens is 472 g/mol. The van der Waals surface area contributed by atoms with Crippen LogP contribution in [0.2, 0.25) is 0 Å². The van der Waals surface area contributed by atoms with Gasteiger partial charge in [0.25, 0.3) is 0 Å². The van der Waals surface area contributed by atoms with E-state index in [-0.39, 0.29) is 0 Å². The minimum absolute atomic E-state index is 0.570. The third-order valence-corrected chi connectivity index (χ3v) is 6.05. The van der Waals surface area contributed by atoms with Gasteiger partial charge in [0, 0.05) is 0 Å². The lowest BCUT2D eigenvalue weighted by Gasteiger charge is -2.43. The van der Waals surface area contributed by atoms with Crippen molar-refractivity contribution in [2.24, 2.45) is 0 Å². The van der Waals surface area contributed by atoms with Crippen molar-refractivity contribution in [2.75, 3.05) is 19.8 Å². The number of ether oxygens (including phenoxy) is 5. The fourth-order valence-electron chi connectivity index (χ4n) is 3.84. The number of hydrogen-bond donors (Lipinski definition) is 11. The summed E-state index contributed by atoms with van der Waals surface area (Å²) in [5.41, 5.74) is 0. The standard InChI is InChI=1S/C18H32O16/c19-1-4-7(20)11(24)14(27)17(33-4)31-3-6-9(22)12(25)15(28)18(34-6)30-2-5-8(21)10(23)13(26)16(29)32-5/h4-29H,1-3H2/t4-,5-,6-,7-,8-,9-,10+,11+,12+,13-,14-,15-,16+,17+,18+/m1/s1. The zero-order valence-corrected chi connectivity index (χ0v) is 17.7. The fourth-order valence-corrected chi connectivity index (χ4v) is 3.84. The Hall–Kier alpha value is -0.640. The van der Waals surface area contributed by atoms with E-state index in [1.807, 2.05) is 0 Å². The van der Waals surface area contributed by atoms with Crippen LogP contribution >= 0.6 is 0 Å². The topological polar surface area (TPSA) is 269 Å². The lowest BCUT2D eigenvalue weighted by atomic mass is 9.98. The molecule has 3 saturated heterocycles. The summed E-state index contributed by atoms with van der Waals surface area (Å²) in [7, 11) is 0. The maximum atomic E-state index is 10.2. The second-order valence-corrected chi connectivity index (χ2v) is 8.42. The van der Waals surface area contributed by atoms with Crippen LogP contribution in [-0.4, -0.2) is 168 Å². The van der Waals surface area contributed by atoms with Crippen molar-refractivity contribution in [2.45, 2.75) is 92.1 Å². The Morgan fingerprint density at radius 3 is 1.29 bits per heavy atom. The van der Waals surface area contributed by atoms with E-state index in [0.717, 1.165) is 0 Å². The molecule has 0 aromatic carbocycles. The van der Waals surface area contributed by atoms with E-state index in [4.69, 9.17) is 23.7 Å². The average Bonchev–Trinajstić information content (AvgIpc) is 2.82. The van der Waals surface area contributed by atoms with Gasteiger partial charge in [0.1, 0.15) is 73.2 Å². The molecule has 0 unspecified atom stereocenters. The molecule has 0 radical (unpaired) electrons. The SMILES string of the molecule is OC[C@H]1O[C@H](OC[C@H]2O[C@H](OC[C@H]3O[C@H](O)[C@H](O)[C@@H](O)[C@@H]3O)[C@H](O)[C@@H](O)[C@@H]2O)[C@H](O)[C@@H](O)[C@@H]1O. The lowest BCUT2D eigenvalue weighted by Crippen LogP contribution is -2.62. The molecule has 3 heterocycles. The number of aliphatic hydroxyl groups excluding tert-OH is 11. The molecule has 3 aliphatic heterocycles. The highest BCUT2D eigenvalue weighted by Crippen LogP contribution is 2.27. The molecule has 3 fully saturated rings. The first-order valence-corrected chi connectivity index (χ1v) is 10.6. The summed E-state index contributed by atoms with van der Waals surface area (Å²) in [5, 5.41) is 108. The Kier molecular flexibility index (Phi) is 9.54. The Morgan fingerprint density at radius 1 is 0.441 bits per heavy atom. The maximum Gasteiger partial charge on any atom is 0.186 e. The summed E-state index contributed by atoms with van der Waals surface area (Å²) >= 11 is 0. The molecule has 0 aliphatic carbocycles. The summed E-state index contributed by atoms with van der Waals surface area (Å²) in [6, 6.07) is 0. The van der Waals surface area contributed by atoms with Crippen molar-refractivity contribution < 1.29 is 79.9 Å². The smallest absolute Gasteiger partial charge is 0.186 e. The molecule has 15 atom stereocenters. The normalized spacial score (nSPS) is 52.5. The van der Waals surface area contributed by atoms with Gasteiger partial charge in [-0.1, -0.05) is 0 Å². The Labute approximate surface area is 192 Å². The van der Waals surface area contributed by atoms with Crippen LogP contribution < -0.4 is 0 Å². The minimum atomic E-state index is -1.82. The quantitative estimate of drug-likeness (QED) is 0.154. The lowest BCUT2D eigenvalue weighted by molar-refractivity contribution is -0.340. The Morgan fingerprint density at radius 2 is 0.824 bits per heavy atom. The summed E-state index contributed by atoms with van der Waals surface area (Å²) in [4.78, 5) is 0. The Bertz CT molecular complexity index is 639. The first kappa shape index (κ1) is 27.9. The van der Waals surface area contributed by atoms with Gasteiger partial charge < -0.3 is 79.9 Å². The molecule has 0 aromatic heterocycles. The molecule has 11 N–H and O–H groups in total. The van der Waals surface area contributed by atoms with Gasteiger partial charge in [-0.25, -0.2) is 0 Å². The van der Waals surface area contributed by atoms with E-state index in [2.05, 4.69) is 0 Å². The molecule has 0 saturated carbocycles. The fraction of sp³-hybridized carbons (Fsp3) is 1.00. The molecule has 16 heteroatoms. The molecule has 16 nitrogen and oxygen atoms in total. The summed E-state index contributed by atoms with van der Waals surface area (Å²) < 4.78 is 26.1. The first-order chi connectivity index (χ1) is 16.0. The van der Waals surface area contributed by atoms with Gasteiger partial charge in [-0.15, -0.1) is 0 Å². The zero-order valence-electron chi connectivity index (χ0n) is 17.7. The highest BCUT2D eigenvalue weighted by atomic mass is 16.7. The second-order valence-electron chi connectivity index (χ2n) is 8.42. The zero-order chi connectivity index (χ0) is 25.3. The van der Waals surface area contributed by atoms with E-state index in [1.165, 1.54) is 0 Å². The summed E-state index contributed by atoms with van der Waals surface area (Å²) in [6.45, 7) is -1.84. The van der Waals surface area contributed by atoms with Gasteiger partial charge in [-0.3, -0.25) is 0 Å². The third-order valence-electron chi connectivity index (χ3n) is 6.05. The third kappa shape index (κ3) is 5.68.